The molecule has 0 bridgehead atoms. The second-order valence-corrected chi connectivity index (χ2v) is 10.5. The summed E-state index contributed by atoms with van der Waals surface area (Å²) in [7, 11) is 1.46. The second-order valence-electron chi connectivity index (χ2n) is 10.5. The molecule has 2 fully saturated rings. The Kier molecular flexibility index (Phi) is 9.18. The predicted molar refractivity (Wildman–Crippen MR) is 139 cm³/mol. The van der Waals surface area contributed by atoms with E-state index < -0.39 is 29.0 Å². The molecule has 2 aliphatic rings. The largest absolute Gasteiger partial charge is 0.496 e. The van der Waals surface area contributed by atoms with E-state index in [0.717, 1.165) is 25.0 Å². The van der Waals surface area contributed by atoms with E-state index in [0.29, 0.717) is 50.1 Å². The molecule has 0 amide bonds. The standard InChI is InChI=1S/C29H37F6N3O/c1-3-36-20-27(25-11-7-8-12-26(25)39-2,38-15-13-37(14-16-38)24-9-5-4-6-10-24)21-17-22(28(30,31)32)19-23(18-21)29(33,34)35/h7-8,11-12,17-19,24,36H,3-6,9-10,13-16,20H2,1-2H3. The highest BCUT2D eigenvalue weighted by molar-refractivity contribution is 5.50. The van der Waals surface area contributed by atoms with Gasteiger partial charge in [0.1, 0.15) is 5.75 Å². The third-order valence-corrected chi connectivity index (χ3v) is 8.19. The molecule has 4 nitrogen and oxygen atoms in total. The second kappa shape index (κ2) is 12.1. The first-order chi connectivity index (χ1) is 18.5. The fraction of sp³-hybridized carbons (Fsp3) is 0.586. The van der Waals surface area contributed by atoms with Crippen molar-refractivity contribution >= 4 is 0 Å². The Morgan fingerprint density at radius 1 is 0.821 bits per heavy atom. The molecular weight excluding hydrogens is 520 g/mol. The van der Waals surface area contributed by atoms with Crippen molar-refractivity contribution in [3.63, 3.8) is 0 Å². The summed E-state index contributed by atoms with van der Waals surface area (Å²) in [6, 6.07) is 9.37. The minimum Gasteiger partial charge on any atom is -0.496 e. The monoisotopic (exact) mass is 557 g/mol. The highest BCUT2D eigenvalue weighted by Crippen LogP contribution is 2.45. The van der Waals surface area contributed by atoms with Crippen LogP contribution in [-0.2, 0) is 17.9 Å². The van der Waals surface area contributed by atoms with Gasteiger partial charge in [-0.25, -0.2) is 0 Å². The SMILES string of the molecule is CCNCC(c1cc(C(F)(F)F)cc(C(F)(F)F)c1)(c1ccccc1OC)N1CCN(C2CCCCC2)CC1. The van der Waals surface area contributed by atoms with Crippen molar-refractivity contribution in [2.75, 3.05) is 46.4 Å². The first kappa shape index (κ1) is 29.7. The Bertz CT molecular complexity index is 1060. The van der Waals surface area contributed by atoms with Crippen LogP contribution in [0.15, 0.2) is 42.5 Å². The van der Waals surface area contributed by atoms with Crippen molar-refractivity contribution in [2.45, 2.75) is 63.0 Å². The van der Waals surface area contributed by atoms with Crippen LogP contribution in [0.4, 0.5) is 26.3 Å². The lowest BCUT2D eigenvalue weighted by Gasteiger charge is -2.50. The van der Waals surface area contributed by atoms with E-state index in [1.165, 1.54) is 26.4 Å². The molecule has 2 aromatic rings. The molecule has 1 saturated carbocycles. The van der Waals surface area contributed by atoms with Crippen LogP contribution >= 0.6 is 0 Å². The molecule has 1 unspecified atom stereocenters. The number of alkyl halides is 6. The summed E-state index contributed by atoms with van der Waals surface area (Å²) >= 11 is 0. The highest BCUT2D eigenvalue weighted by atomic mass is 19.4. The zero-order valence-corrected chi connectivity index (χ0v) is 22.5. The van der Waals surface area contributed by atoms with Gasteiger partial charge in [-0.2, -0.15) is 26.3 Å². The van der Waals surface area contributed by atoms with Crippen molar-refractivity contribution in [3.05, 3.63) is 64.7 Å². The van der Waals surface area contributed by atoms with Gasteiger partial charge in [0.25, 0.3) is 0 Å². The molecule has 1 atom stereocenters. The molecule has 39 heavy (non-hydrogen) atoms. The maximum atomic E-state index is 14.0. The van der Waals surface area contributed by atoms with E-state index in [1.807, 2.05) is 11.8 Å². The van der Waals surface area contributed by atoms with Gasteiger partial charge < -0.3 is 10.1 Å². The Balaban J connectivity index is 1.89. The van der Waals surface area contributed by atoms with Crippen LogP contribution in [0, 0.1) is 0 Å². The number of ether oxygens (including phenoxy) is 1. The number of halogens is 6. The average molecular weight is 558 g/mol. The molecule has 2 aromatic carbocycles. The fourth-order valence-electron chi connectivity index (χ4n) is 6.22. The van der Waals surface area contributed by atoms with Gasteiger partial charge in [-0.1, -0.05) is 44.4 Å². The number of hydrogen-bond acceptors (Lipinski definition) is 4. The van der Waals surface area contributed by atoms with Gasteiger partial charge in [0.2, 0.25) is 0 Å². The first-order valence-corrected chi connectivity index (χ1v) is 13.6. The van der Waals surface area contributed by atoms with Gasteiger partial charge in [-0.05, 0) is 49.2 Å². The third kappa shape index (κ3) is 6.38. The predicted octanol–water partition coefficient (Wildman–Crippen LogP) is 6.54. The third-order valence-electron chi connectivity index (χ3n) is 8.19. The number of methoxy groups -OCH3 is 1. The van der Waals surface area contributed by atoms with Crippen LogP contribution < -0.4 is 10.1 Å². The van der Waals surface area contributed by atoms with Gasteiger partial charge in [-0.15, -0.1) is 0 Å². The van der Waals surface area contributed by atoms with Gasteiger partial charge in [0.15, 0.2) is 0 Å². The van der Waals surface area contributed by atoms with E-state index >= 15 is 0 Å². The Morgan fingerprint density at radius 3 is 1.92 bits per heavy atom. The summed E-state index contributed by atoms with van der Waals surface area (Å²) in [6.45, 7) is 4.85. The lowest BCUT2D eigenvalue weighted by Crippen LogP contribution is -2.61. The normalized spacial score (nSPS) is 20.1. The van der Waals surface area contributed by atoms with Crippen LogP contribution in [0.1, 0.15) is 61.3 Å². The van der Waals surface area contributed by atoms with Crippen molar-refractivity contribution in [2.24, 2.45) is 0 Å². The lowest BCUT2D eigenvalue weighted by molar-refractivity contribution is -0.143. The average Bonchev–Trinajstić information content (AvgIpc) is 2.93. The summed E-state index contributed by atoms with van der Waals surface area (Å²) < 4.78 is 89.6. The summed E-state index contributed by atoms with van der Waals surface area (Å²) in [5.74, 6) is 0.413. The van der Waals surface area contributed by atoms with E-state index in [-0.39, 0.29) is 18.2 Å². The number of likely N-dealkylation sites (N-methyl/N-ethyl adjacent to an activating group) is 1. The quantitative estimate of drug-likeness (QED) is 0.374. The molecule has 1 N–H and O–H groups in total. The summed E-state index contributed by atoms with van der Waals surface area (Å²) in [5.41, 5.74) is -3.48. The molecule has 10 heteroatoms. The summed E-state index contributed by atoms with van der Waals surface area (Å²) in [5, 5.41) is 3.25. The number of piperazine rings is 1. The lowest BCUT2D eigenvalue weighted by atomic mass is 9.78. The maximum Gasteiger partial charge on any atom is 0.416 e. The topological polar surface area (TPSA) is 27.7 Å². The minimum atomic E-state index is -4.94. The number of rotatable bonds is 8. The van der Waals surface area contributed by atoms with Gasteiger partial charge in [-0.3, -0.25) is 9.80 Å². The molecule has 4 rings (SSSR count). The van der Waals surface area contributed by atoms with Crippen molar-refractivity contribution in [1.29, 1.82) is 0 Å². The number of nitrogens with one attached hydrogen (secondary N) is 1. The summed E-state index contributed by atoms with van der Waals surface area (Å²) in [6.07, 6.45) is -4.05. The molecule has 1 heterocycles. The molecule has 216 valence electrons. The van der Waals surface area contributed by atoms with Crippen LogP contribution in [0.5, 0.6) is 5.75 Å². The number of benzene rings is 2. The highest BCUT2D eigenvalue weighted by Gasteiger charge is 2.46. The molecule has 1 aliphatic carbocycles. The summed E-state index contributed by atoms with van der Waals surface area (Å²) in [4.78, 5) is 4.48. The molecule has 1 saturated heterocycles. The van der Waals surface area contributed by atoms with Crippen LogP contribution in [0.3, 0.4) is 0 Å². The van der Waals surface area contributed by atoms with Crippen molar-refractivity contribution < 1.29 is 31.1 Å². The molecule has 1 aliphatic heterocycles. The molecule has 0 spiro atoms. The van der Waals surface area contributed by atoms with Crippen LogP contribution in [0.2, 0.25) is 0 Å². The van der Waals surface area contributed by atoms with Crippen LogP contribution in [0.25, 0.3) is 0 Å². The zero-order valence-electron chi connectivity index (χ0n) is 22.5. The van der Waals surface area contributed by atoms with E-state index in [4.69, 9.17) is 4.74 Å². The number of hydrogen-bond donors (Lipinski definition) is 1. The van der Waals surface area contributed by atoms with Crippen molar-refractivity contribution in [1.82, 2.24) is 15.1 Å². The Labute approximate surface area is 226 Å². The van der Waals surface area contributed by atoms with E-state index in [9.17, 15) is 26.3 Å². The Morgan fingerprint density at radius 2 is 1.38 bits per heavy atom. The zero-order chi connectivity index (χ0) is 28.3. The molecular formula is C29H37F6N3O. The fourth-order valence-corrected chi connectivity index (χ4v) is 6.22. The number of nitrogens with zero attached hydrogens (tertiary/aromatic N) is 2. The minimum absolute atomic E-state index is 0.0544. The van der Waals surface area contributed by atoms with Gasteiger partial charge in [0.05, 0.1) is 23.8 Å². The van der Waals surface area contributed by atoms with Crippen LogP contribution in [-0.4, -0.2) is 62.2 Å². The molecule has 0 aromatic heterocycles. The van der Waals surface area contributed by atoms with E-state index in [2.05, 4.69) is 10.2 Å². The van der Waals surface area contributed by atoms with E-state index in [1.54, 1.807) is 24.3 Å². The smallest absolute Gasteiger partial charge is 0.416 e. The molecule has 0 radical (unpaired) electrons. The first-order valence-electron chi connectivity index (χ1n) is 13.6. The van der Waals surface area contributed by atoms with Gasteiger partial charge in [0, 0.05) is 44.3 Å². The Hall–Kier alpha value is -2.30. The number of para-hydroxylation sites is 1. The van der Waals surface area contributed by atoms with Gasteiger partial charge >= 0.3 is 12.4 Å². The maximum absolute atomic E-state index is 14.0. The van der Waals surface area contributed by atoms with Crippen molar-refractivity contribution in [3.8, 4) is 5.75 Å².